The highest BCUT2D eigenvalue weighted by molar-refractivity contribution is 5.13. The second-order valence-electron chi connectivity index (χ2n) is 3.78. The molecule has 1 fully saturated rings. The van der Waals surface area contributed by atoms with Gasteiger partial charge in [0.25, 0.3) is 0 Å². The first-order valence-electron chi connectivity index (χ1n) is 4.49. The molecule has 0 aromatic rings. The number of likely N-dealkylation sites (N-methyl/N-ethyl adjacent to an activating group) is 1. The van der Waals surface area contributed by atoms with Gasteiger partial charge in [0.05, 0.1) is 0 Å². The number of terminal acetylenes is 1. The van der Waals surface area contributed by atoms with Gasteiger partial charge in [0, 0.05) is 19.6 Å². The molecular formula is C11H17N. The van der Waals surface area contributed by atoms with Crippen molar-refractivity contribution in [1.82, 2.24) is 4.90 Å². The van der Waals surface area contributed by atoms with Crippen molar-refractivity contribution in [3.8, 4) is 12.5 Å². The second kappa shape index (κ2) is 3.67. The van der Waals surface area contributed by atoms with Gasteiger partial charge in [0.1, 0.15) is 0 Å². The molecule has 0 aliphatic heterocycles. The molecule has 1 nitrogen and oxygen atoms in total. The molecule has 0 radical (unpaired) electrons. The largest absolute Gasteiger partial charge is 0.332 e. The molecule has 0 spiro atoms. The molecule has 2 unspecified atom stereocenters. The van der Waals surface area contributed by atoms with Crippen molar-refractivity contribution < 1.29 is 0 Å². The summed E-state index contributed by atoms with van der Waals surface area (Å²) < 4.78 is 0. The molecule has 12 heavy (non-hydrogen) atoms. The maximum Gasteiger partial charge on any atom is 0.0440 e. The minimum atomic E-state index is 0.844. The van der Waals surface area contributed by atoms with E-state index in [1.54, 1.807) is 0 Å². The Morgan fingerprint density at radius 1 is 1.75 bits per heavy atom. The molecule has 1 saturated carbocycles. The summed E-state index contributed by atoms with van der Waals surface area (Å²) in [4.78, 5) is 1.86. The van der Waals surface area contributed by atoms with E-state index in [1.807, 2.05) is 11.9 Å². The summed E-state index contributed by atoms with van der Waals surface area (Å²) >= 11 is 0. The van der Waals surface area contributed by atoms with Gasteiger partial charge < -0.3 is 4.90 Å². The fourth-order valence-corrected chi connectivity index (χ4v) is 1.44. The third-order valence-corrected chi connectivity index (χ3v) is 2.60. The molecule has 2 atom stereocenters. The van der Waals surface area contributed by atoms with Crippen molar-refractivity contribution in [2.24, 2.45) is 11.8 Å². The lowest BCUT2D eigenvalue weighted by Crippen LogP contribution is -2.10. The quantitative estimate of drug-likeness (QED) is 0.350. The van der Waals surface area contributed by atoms with Gasteiger partial charge in [0.2, 0.25) is 0 Å². The van der Waals surface area contributed by atoms with Crippen molar-refractivity contribution in [2.45, 2.75) is 20.3 Å². The van der Waals surface area contributed by atoms with Gasteiger partial charge in [-0.25, -0.2) is 0 Å². The molecule has 0 saturated heterocycles. The molecule has 0 aromatic heterocycles. The van der Waals surface area contributed by atoms with Crippen LogP contribution in [0.25, 0.3) is 0 Å². The molecule has 66 valence electrons. The zero-order valence-corrected chi connectivity index (χ0v) is 8.17. The second-order valence-corrected chi connectivity index (χ2v) is 3.78. The van der Waals surface area contributed by atoms with Crippen molar-refractivity contribution in [3.05, 3.63) is 11.6 Å². The molecule has 0 amide bonds. The van der Waals surface area contributed by atoms with Crippen LogP contribution in [-0.2, 0) is 0 Å². The maximum atomic E-state index is 5.22. The van der Waals surface area contributed by atoms with E-state index in [-0.39, 0.29) is 0 Å². The van der Waals surface area contributed by atoms with Gasteiger partial charge in [-0.15, -0.1) is 0 Å². The summed E-state index contributed by atoms with van der Waals surface area (Å²) in [7, 11) is 1.93. The minimum absolute atomic E-state index is 0.844. The van der Waals surface area contributed by atoms with Crippen molar-refractivity contribution in [3.63, 3.8) is 0 Å². The normalized spacial score (nSPS) is 28.0. The van der Waals surface area contributed by atoms with E-state index in [1.165, 1.54) is 12.0 Å². The van der Waals surface area contributed by atoms with Crippen LogP contribution in [0.2, 0.25) is 0 Å². The van der Waals surface area contributed by atoms with Crippen molar-refractivity contribution >= 4 is 0 Å². The minimum Gasteiger partial charge on any atom is -0.332 e. The van der Waals surface area contributed by atoms with Crippen LogP contribution in [-0.4, -0.2) is 18.5 Å². The number of nitrogens with zero attached hydrogens (tertiary/aromatic N) is 1. The van der Waals surface area contributed by atoms with Crippen LogP contribution in [0.3, 0.4) is 0 Å². The maximum absolute atomic E-state index is 5.22. The average molecular weight is 163 g/mol. The van der Waals surface area contributed by atoms with Gasteiger partial charge in [-0.3, -0.25) is 0 Å². The van der Waals surface area contributed by atoms with Gasteiger partial charge in [-0.05, 0) is 25.2 Å². The Bertz CT molecular complexity index is 222. The molecule has 1 aliphatic rings. The zero-order chi connectivity index (χ0) is 9.14. The molecule has 0 heterocycles. The van der Waals surface area contributed by atoms with E-state index in [9.17, 15) is 0 Å². The SMILES string of the molecule is C#CN(C)C/C=C(/C)C1CC1C. The lowest BCUT2D eigenvalue weighted by molar-refractivity contribution is 0.538. The van der Waals surface area contributed by atoms with E-state index >= 15 is 0 Å². The van der Waals surface area contributed by atoms with Crippen molar-refractivity contribution in [1.29, 1.82) is 0 Å². The monoisotopic (exact) mass is 163 g/mol. The summed E-state index contributed by atoms with van der Waals surface area (Å²) in [5, 5.41) is 0. The van der Waals surface area contributed by atoms with Gasteiger partial charge in [0.15, 0.2) is 0 Å². The van der Waals surface area contributed by atoms with Crippen LogP contribution in [0.5, 0.6) is 0 Å². The molecule has 0 bridgehead atoms. The highest BCUT2D eigenvalue weighted by Gasteiger charge is 2.33. The van der Waals surface area contributed by atoms with E-state index in [0.29, 0.717) is 0 Å². The average Bonchev–Trinajstić information content (AvgIpc) is 2.77. The Kier molecular flexibility index (Phi) is 2.81. The van der Waals surface area contributed by atoms with E-state index < -0.39 is 0 Å². The highest BCUT2D eigenvalue weighted by Crippen LogP contribution is 2.43. The third-order valence-electron chi connectivity index (χ3n) is 2.60. The van der Waals surface area contributed by atoms with E-state index in [0.717, 1.165) is 18.4 Å². The van der Waals surface area contributed by atoms with Crippen LogP contribution < -0.4 is 0 Å². The summed E-state index contributed by atoms with van der Waals surface area (Å²) in [6.07, 6.45) is 8.83. The van der Waals surface area contributed by atoms with Gasteiger partial charge >= 0.3 is 0 Å². The first-order chi connectivity index (χ1) is 5.65. The fourth-order valence-electron chi connectivity index (χ4n) is 1.44. The van der Waals surface area contributed by atoms with Crippen LogP contribution in [0, 0.1) is 24.3 Å². The summed E-state index contributed by atoms with van der Waals surface area (Å²) in [6, 6.07) is 2.58. The number of rotatable bonds is 3. The topological polar surface area (TPSA) is 3.24 Å². The van der Waals surface area contributed by atoms with Crippen LogP contribution in [0.15, 0.2) is 11.6 Å². The number of allylic oxidation sites excluding steroid dienone is 1. The van der Waals surface area contributed by atoms with Crippen molar-refractivity contribution in [2.75, 3.05) is 13.6 Å². The molecule has 0 N–H and O–H groups in total. The fraction of sp³-hybridized carbons (Fsp3) is 0.636. The predicted octanol–water partition coefficient (Wildman–Crippen LogP) is 2.11. The smallest absolute Gasteiger partial charge is 0.0440 e. The van der Waals surface area contributed by atoms with Gasteiger partial charge in [-0.1, -0.05) is 25.0 Å². The molecule has 1 aliphatic carbocycles. The zero-order valence-electron chi connectivity index (χ0n) is 8.17. The molecule has 1 rings (SSSR count). The highest BCUT2D eigenvalue weighted by atomic mass is 15.1. The van der Waals surface area contributed by atoms with E-state index in [4.69, 9.17) is 6.42 Å². The third kappa shape index (κ3) is 2.30. The first kappa shape index (κ1) is 9.19. The number of hydrogen-bond acceptors (Lipinski definition) is 1. The molecule has 0 aromatic carbocycles. The van der Waals surface area contributed by atoms with E-state index in [2.05, 4.69) is 26.0 Å². The Morgan fingerprint density at radius 2 is 2.33 bits per heavy atom. The molecule has 1 heteroatoms. The number of hydrogen-bond donors (Lipinski definition) is 0. The van der Waals surface area contributed by atoms with Gasteiger partial charge in [-0.2, -0.15) is 0 Å². The Balaban J connectivity index is 2.32. The molecular weight excluding hydrogens is 146 g/mol. The van der Waals surface area contributed by atoms with Crippen LogP contribution in [0.4, 0.5) is 0 Å². The summed E-state index contributed by atoms with van der Waals surface area (Å²) in [5.74, 6) is 1.74. The lowest BCUT2D eigenvalue weighted by atomic mass is 10.1. The Labute approximate surface area is 75.5 Å². The Hall–Kier alpha value is -0.900. The summed E-state index contributed by atoms with van der Waals surface area (Å²) in [5.41, 5.74) is 1.50. The lowest BCUT2D eigenvalue weighted by Gasteiger charge is -2.07. The van der Waals surface area contributed by atoms with Crippen LogP contribution >= 0.6 is 0 Å². The van der Waals surface area contributed by atoms with Crippen LogP contribution in [0.1, 0.15) is 20.3 Å². The predicted molar refractivity (Wildman–Crippen MR) is 52.5 cm³/mol. The standard InChI is InChI=1S/C11H17N/c1-5-12(4)7-6-9(2)11-8-10(11)3/h1,6,10-11H,7-8H2,2-4H3/b9-6-. The summed E-state index contributed by atoms with van der Waals surface area (Å²) in [6.45, 7) is 5.39. The first-order valence-corrected chi connectivity index (χ1v) is 4.49. The Morgan fingerprint density at radius 3 is 2.75 bits per heavy atom.